The van der Waals surface area contributed by atoms with Gasteiger partial charge in [0.25, 0.3) is 0 Å². The number of fused-ring (bicyclic) bond motifs is 8. The van der Waals surface area contributed by atoms with E-state index in [9.17, 15) is 14.4 Å². The van der Waals surface area contributed by atoms with Gasteiger partial charge in [-0.1, -0.05) is 56.7 Å². The quantitative estimate of drug-likeness (QED) is 0.467. The van der Waals surface area contributed by atoms with E-state index in [0.717, 1.165) is 29.8 Å². The Balaban J connectivity index is 1.24. The lowest BCUT2D eigenvalue weighted by Gasteiger charge is -2.57. The van der Waals surface area contributed by atoms with Crippen molar-refractivity contribution in [3.05, 3.63) is 53.6 Å². The molecular weight excluding hydrogens is 460 g/mol. The molecule has 0 aromatic heterocycles. The number of hydrogen-bond acceptors (Lipinski definition) is 4. The molecule has 2 aromatic rings. The van der Waals surface area contributed by atoms with Crippen LogP contribution in [-0.4, -0.2) is 29.7 Å². The van der Waals surface area contributed by atoms with E-state index < -0.39 is 11.3 Å². The summed E-state index contributed by atoms with van der Waals surface area (Å²) in [4.78, 5) is 45.3. The van der Waals surface area contributed by atoms with Crippen molar-refractivity contribution in [2.45, 2.75) is 58.8 Å². The molecule has 4 aliphatic carbocycles. The molecule has 1 heterocycles. The lowest BCUT2D eigenvalue weighted by molar-refractivity contribution is -0.133. The fraction of sp³-hybridized carbons (Fsp3) is 0.500. The van der Waals surface area contributed by atoms with E-state index in [2.05, 4.69) is 19.2 Å². The molecule has 7 rings (SSSR count). The Morgan fingerprint density at radius 3 is 2.57 bits per heavy atom. The number of carbonyl (C=O) groups is 3. The molecule has 3 saturated carbocycles. The van der Waals surface area contributed by atoms with Gasteiger partial charge in [0.2, 0.25) is 5.91 Å². The molecule has 2 aromatic carbocycles. The third-order valence-corrected chi connectivity index (χ3v) is 11.0. The molecule has 6 atom stereocenters. The van der Waals surface area contributed by atoms with E-state index >= 15 is 0 Å². The first-order chi connectivity index (χ1) is 17.8. The number of hydrogen-bond donors (Lipinski definition) is 1. The summed E-state index contributed by atoms with van der Waals surface area (Å²) in [6, 6.07) is 13.2. The van der Waals surface area contributed by atoms with E-state index in [4.69, 9.17) is 4.99 Å². The minimum absolute atomic E-state index is 0.0554. The molecule has 0 saturated heterocycles. The van der Waals surface area contributed by atoms with Gasteiger partial charge in [-0.25, -0.2) is 0 Å². The van der Waals surface area contributed by atoms with Crippen molar-refractivity contribution in [3.8, 4) is 11.1 Å². The first kappa shape index (κ1) is 23.1. The zero-order valence-corrected chi connectivity index (χ0v) is 21.7. The molecule has 0 radical (unpaired) electrons. The minimum atomic E-state index is -0.471. The zero-order valence-electron chi connectivity index (χ0n) is 21.7. The second kappa shape index (κ2) is 7.96. The van der Waals surface area contributed by atoms with Gasteiger partial charge in [0.05, 0.1) is 17.2 Å². The summed E-state index contributed by atoms with van der Waals surface area (Å²) >= 11 is 0. The molecule has 5 nitrogen and oxygen atoms in total. The van der Waals surface area contributed by atoms with Crippen LogP contribution in [0.4, 0.5) is 5.69 Å². The zero-order chi connectivity index (χ0) is 25.5. The maximum atomic E-state index is 14.1. The van der Waals surface area contributed by atoms with Crippen molar-refractivity contribution in [1.82, 2.24) is 0 Å². The van der Waals surface area contributed by atoms with Crippen LogP contribution in [0.15, 0.2) is 47.5 Å². The molecule has 0 bridgehead atoms. The molecular formula is C32H34N2O3. The van der Waals surface area contributed by atoms with Crippen molar-refractivity contribution in [2.24, 2.45) is 39.5 Å². The highest BCUT2D eigenvalue weighted by Gasteiger charge is 2.60. The number of carbonyl (C=O) groups excluding carboxylic acids is 3. The highest BCUT2D eigenvalue weighted by Crippen LogP contribution is 2.63. The lowest BCUT2D eigenvalue weighted by atomic mass is 9.48. The topological polar surface area (TPSA) is 75.6 Å². The van der Waals surface area contributed by atoms with Crippen LogP contribution >= 0.6 is 0 Å². The standard InChI is InChI=1S/C32H34N2O3/c1-31-13-6-10-23(31)22-17-33-27-16-18(35)15-25(32(27,2)24(22)12-14-31)30(37)34-26-11-5-9-20-19-7-3-4-8-21(19)29(36)28(20)26/h3-5,7-9,11,22-25H,6,10,12-17H2,1-2H3,(H,34,37)/t22-,23-,24+,25?,31-,32-/m0/s1. The molecule has 5 heteroatoms. The van der Waals surface area contributed by atoms with Crippen molar-refractivity contribution in [3.63, 3.8) is 0 Å². The number of anilines is 1. The monoisotopic (exact) mass is 494 g/mol. The van der Waals surface area contributed by atoms with Gasteiger partial charge < -0.3 is 5.32 Å². The number of benzene rings is 2. The summed E-state index contributed by atoms with van der Waals surface area (Å²) in [5.41, 5.74) is 4.45. The number of aliphatic imine (C=N–C) groups is 1. The second-order valence-electron chi connectivity index (χ2n) is 12.6. The van der Waals surface area contributed by atoms with Gasteiger partial charge in [-0.2, -0.15) is 0 Å². The molecule has 5 aliphatic rings. The lowest BCUT2D eigenvalue weighted by Crippen LogP contribution is -2.59. The Bertz CT molecular complexity index is 1390. The average Bonchev–Trinajstić information content (AvgIpc) is 3.42. The fourth-order valence-electron chi connectivity index (χ4n) is 9.05. The van der Waals surface area contributed by atoms with E-state index in [-0.39, 0.29) is 23.9 Å². The largest absolute Gasteiger partial charge is 0.325 e. The molecule has 1 N–H and O–H groups in total. The van der Waals surface area contributed by atoms with Crippen LogP contribution in [0, 0.1) is 34.5 Å². The summed E-state index contributed by atoms with van der Waals surface area (Å²) in [5.74, 6) is 0.922. The van der Waals surface area contributed by atoms with Gasteiger partial charge >= 0.3 is 0 Å². The molecule has 1 amide bonds. The van der Waals surface area contributed by atoms with Crippen molar-refractivity contribution in [2.75, 3.05) is 11.9 Å². The van der Waals surface area contributed by atoms with Crippen molar-refractivity contribution in [1.29, 1.82) is 0 Å². The molecule has 37 heavy (non-hydrogen) atoms. The highest BCUT2D eigenvalue weighted by molar-refractivity contribution is 6.25. The van der Waals surface area contributed by atoms with Gasteiger partial charge in [-0.15, -0.1) is 0 Å². The van der Waals surface area contributed by atoms with Gasteiger partial charge in [-0.05, 0) is 66.0 Å². The van der Waals surface area contributed by atoms with Crippen LogP contribution in [0.25, 0.3) is 11.1 Å². The van der Waals surface area contributed by atoms with Crippen molar-refractivity contribution >= 4 is 28.9 Å². The first-order valence-corrected chi connectivity index (χ1v) is 13.9. The number of Topliss-reactive ketones (excluding diaryl/α,β-unsaturated/α-hetero) is 1. The fourth-order valence-corrected chi connectivity index (χ4v) is 9.05. The van der Waals surface area contributed by atoms with Gasteiger partial charge in [0, 0.05) is 36.1 Å². The molecule has 0 spiro atoms. The normalized spacial score (nSPS) is 35.6. The van der Waals surface area contributed by atoms with E-state index in [1.165, 1.54) is 25.7 Å². The van der Waals surface area contributed by atoms with Gasteiger partial charge in [0.15, 0.2) is 5.78 Å². The first-order valence-electron chi connectivity index (χ1n) is 13.9. The Kier molecular flexibility index (Phi) is 4.96. The van der Waals surface area contributed by atoms with Crippen LogP contribution in [0.1, 0.15) is 74.7 Å². The minimum Gasteiger partial charge on any atom is -0.325 e. The maximum Gasteiger partial charge on any atom is 0.228 e. The summed E-state index contributed by atoms with van der Waals surface area (Å²) in [7, 11) is 0. The van der Waals surface area contributed by atoms with E-state index in [1.807, 2.05) is 42.5 Å². The molecule has 190 valence electrons. The Morgan fingerprint density at radius 1 is 0.946 bits per heavy atom. The molecule has 1 aliphatic heterocycles. The SMILES string of the molecule is C[C@@]12CCC[C@H]1[C@@H]1CN=C3CC(=O)CC(C(=O)Nc4cccc5c4C(=O)c4ccccc4-5)[C@]3(C)[C@@H]1CC2. The van der Waals surface area contributed by atoms with E-state index in [0.29, 0.717) is 46.4 Å². The summed E-state index contributed by atoms with van der Waals surface area (Å²) in [6.07, 6.45) is 6.76. The molecule has 3 fully saturated rings. The predicted octanol–water partition coefficient (Wildman–Crippen LogP) is 6.11. The van der Waals surface area contributed by atoms with Gasteiger partial charge in [-0.3, -0.25) is 19.4 Å². The average molecular weight is 495 g/mol. The smallest absolute Gasteiger partial charge is 0.228 e. The van der Waals surface area contributed by atoms with Crippen molar-refractivity contribution < 1.29 is 14.4 Å². The summed E-state index contributed by atoms with van der Waals surface area (Å²) in [6.45, 7) is 5.48. The third kappa shape index (κ3) is 3.15. The summed E-state index contributed by atoms with van der Waals surface area (Å²) in [5, 5.41) is 3.14. The highest BCUT2D eigenvalue weighted by atomic mass is 16.2. The van der Waals surface area contributed by atoms with Gasteiger partial charge in [0.1, 0.15) is 5.78 Å². The summed E-state index contributed by atoms with van der Waals surface area (Å²) < 4.78 is 0. The Morgan fingerprint density at radius 2 is 1.73 bits per heavy atom. The predicted molar refractivity (Wildman–Crippen MR) is 144 cm³/mol. The van der Waals surface area contributed by atoms with Crippen LogP contribution < -0.4 is 5.32 Å². The Hall–Kier alpha value is -3.08. The number of amides is 1. The van der Waals surface area contributed by atoms with Crippen LogP contribution in [0.2, 0.25) is 0 Å². The number of rotatable bonds is 2. The molecule has 1 unspecified atom stereocenters. The Labute approximate surface area is 218 Å². The van der Waals surface area contributed by atoms with E-state index in [1.54, 1.807) is 0 Å². The second-order valence-corrected chi connectivity index (χ2v) is 12.6. The van der Waals surface area contributed by atoms with Crippen LogP contribution in [0.5, 0.6) is 0 Å². The van der Waals surface area contributed by atoms with Crippen LogP contribution in [-0.2, 0) is 9.59 Å². The number of ketones is 2. The third-order valence-electron chi connectivity index (χ3n) is 11.0. The van der Waals surface area contributed by atoms with Crippen LogP contribution in [0.3, 0.4) is 0 Å². The number of nitrogens with one attached hydrogen (secondary N) is 1. The maximum absolute atomic E-state index is 14.1. The number of nitrogens with zero attached hydrogens (tertiary/aromatic N) is 1.